The fourth-order valence-electron chi connectivity index (χ4n) is 3.46. The normalized spacial score (nSPS) is 21.3. The number of esters is 1. The fraction of sp³-hybridized carbons (Fsp3) is 0.571. The van der Waals surface area contributed by atoms with Crippen molar-refractivity contribution >= 4 is 17.9 Å². The minimum atomic E-state index is -1.61. The number of imide groups is 1. The zero-order chi connectivity index (χ0) is 23.7. The second-order valence-electron chi connectivity index (χ2n) is 7.26. The van der Waals surface area contributed by atoms with Crippen LogP contribution in [0.3, 0.4) is 0 Å². The predicted molar refractivity (Wildman–Crippen MR) is 109 cm³/mol. The fourth-order valence-corrected chi connectivity index (χ4v) is 3.46. The van der Waals surface area contributed by atoms with E-state index in [1.807, 2.05) is 0 Å². The maximum absolute atomic E-state index is 13.8. The van der Waals surface area contributed by atoms with Crippen LogP contribution in [0.5, 0.6) is 5.75 Å². The lowest BCUT2D eigenvalue weighted by atomic mass is 9.81. The molecule has 0 aromatic heterocycles. The van der Waals surface area contributed by atoms with E-state index >= 15 is 0 Å². The first-order chi connectivity index (χ1) is 16.0. The monoisotopic (exact) mass is 470 g/mol. The third-order valence-corrected chi connectivity index (χ3v) is 5.01. The smallest absolute Gasteiger partial charge is 0.347 e. The molecule has 11 nitrogen and oxygen atoms in total. The van der Waals surface area contributed by atoms with E-state index < -0.39 is 35.4 Å². The van der Waals surface area contributed by atoms with Gasteiger partial charge in [-0.15, -0.1) is 0 Å². The number of nitrogens with one attached hydrogen (secondary N) is 2. The van der Waals surface area contributed by atoms with E-state index in [2.05, 4.69) is 10.6 Å². The molecule has 2 N–H and O–H groups in total. The van der Waals surface area contributed by atoms with Crippen molar-refractivity contribution in [3.8, 4) is 5.75 Å². The van der Waals surface area contributed by atoms with Crippen LogP contribution >= 0.6 is 0 Å². The lowest BCUT2D eigenvalue weighted by molar-refractivity contribution is -0.156. The molecule has 2 heterocycles. The summed E-state index contributed by atoms with van der Waals surface area (Å²) in [5.41, 5.74) is -1.47. The standard InChI is InChI=1S/C21H27FN2O9/c1-28-4-5-29-6-7-30-8-9-31-10-11-32-18(25)17-13-21(19(26)23-20(27)24-21)15-12-14(22)2-3-16(15)33-17/h2-3,12,17H,4-11,13H2,1H3,(H2,23,24,26,27). The van der Waals surface area contributed by atoms with E-state index in [0.29, 0.717) is 39.6 Å². The Morgan fingerprint density at radius 3 is 2.30 bits per heavy atom. The molecule has 0 radical (unpaired) electrons. The molecule has 1 aromatic carbocycles. The Balaban J connectivity index is 1.41. The minimum absolute atomic E-state index is 0.0410. The van der Waals surface area contributed by atoms with E-state index in [1.54, 1.807) is 7.11 Å². The van der Waals surface area contributed by atoms with Gasteiger partial charge in [0.2, 0.25) is 0 Å². The van der Waals surface area contributed by atoms with Gasteiger partial charge in [-0.1, -0.05) is 0 Å². The number of fused-ring (bicyclic) bond motifs is 2. The molecule has 0 bridgehead atoms. The van der Waals surface area contributed by atoms with Crippen molar-refractivity contribution in [2.75, 3.05) is 60.0 Å². The van der Waals surface area contributed by atoms with Crippen molar-refractivity contribution in [2.24, 2.45) is 0 Å². The number of benzene rings is 1. The summed E-state index contributed by atoms with van der Waals surface area (Å²) in [5, 5.41) is 4.62. The van der Waals surface area contributed by atoms with Crippen LogP contribution in [0.4, 0.5) is 9.18 Å². The summed E-state index contributed by atoms with van der Waals surface area (Å²) in [4.78, 5) is 36.8. The summed E-state index contributed by atoms with van der Waals surface area (Å²) in [6.07, 6.45) is -1.41. The third-order valence-electron chi connectivity index (χ3n) is 5.01. The highest BCUT2D eigenvalue weighted by molar-refractivity contribution is 6.08. The molecule has 3 rings (SSSR count). The van der Waals surface area contributed by atoms with Gasteiger partial charge >= 0.3 is 12.0 Å². The molecule has 2 atom stereocenters. The topological polar surface area (TPSA) is 131 Å². The molecule has 12 heteroatoms. The zero-order valence-corrected chi connectivity index (χ0v) is 18.2. The first kappa shape index (κ1) is 24.8. The molecule has 182 valence electrons. The second kappa shape index (κ2) is 11.9. The lowest BCUT2D eigenvalue weighted by Gasteiger charge is -2.36. The molecule has 2 aliphatic heterocycles. The number of methoxy groups -OCH3 is 1. The summed E-state index contributed by atoms with van der Waals surface area (Å²) in [6, 6.07) is 2.80. The van der Waals surface area contributed by atoms with Crippen LogP contribution in [-0.2, 0) is 38.8 Å². The number of carbonyl (C=O) groups is 3. The maximum Gasteiger partial charge on any atom is 0.347 e. The predicted octanol–water partition coefficient (Wildman–Crippen LogP) is 0.251. The molecule has 1 aromatic rings. The first-order valence-electron chi connectivity index (χ1n) is 10.5. The molecule has 2 aliphatic rings. The SMILES string of the molecule is COCCOCCOCCOCCOC(=O)C1CC2(NC(=O)NC2=O)c2cc(F)ccc2O1. The van der Waals surface area contributed by atoms with Gasteiger partial charge in [0, 0.05) is 19.1 Å². The van der Waals surface area contributed by atoms with Gasteiger partial charge < -0.3 is 33.7 Å². The Kier molecular flexibility index (Phi) is 8.95. The van der Waals surface area contributed by atoms with E-state index in [9.17, 15) is 18.8 Å². The van der Waals surface area contributed by atoms with Crippen molar-refractivity contribution in [1.82, 2.24) is 10.6 Å². The summed E-state index contributed by atoms with van der Waals surface area (Å²) in [7, 11) is 1.60. The Bertz CT molecular complexity index is 853. The largest absolute Gasteiger partial charge is 0.478 e. The van der Waals surface area contributed by atoms with Crippen LogP contribution in [0.15, 0.2) is 18.2 Å². The molecular formula is C21H27FN2O9. The maximum atomic E-state index is 13.8. The van der Waals surface area contributed by atoms with Crippen molar-refractivity contribution in [3.05, 3.63) is 29.6 Å². The van der Waals surface area contributed by atoms with E-state index in [1.165, 1.54) is 6.07 Å². The van der Waals surface area contributed by atoms with Gasteiger partial charge in [0.15, 0.2) is 11.6 Å². The van der Waals surface area contributed by atoms with Crippen LogP contribution in [0, 0.1) is 5.82 Å². The highest BCUT2D eigenvalue weighted by atomic mass is 19.1. The van der Waals surface area contributed by atoms with Crippen molar-refractivity contribution < 1.29 is 47.2 Å². The molecule has 33 heavy (non-hydrogen) atoms. The zero-order valence-electron chi connectivity index (χ0n) is 18.2. The second-order valence-corrected chi connectivity index (χ2v) is 7.26. The summed E-state index contributed by atoms with van der Waals surface area (Å²) < 4.78 is 45.4. The van der Waals surface area contributed by atoms with Gasteiger partial charge in [-0.3, -0.25) is 10.1 Å². The van der Waals surface area contributed by atoms with Gasteiger partial charge in [0.05, 0.1) is 46.2 Å². The van der Waals surface area contributed by atoms with Crippen molar-refractivity contribution in [3.63, 3.8) is 0 Å². The van der Waals surface area contributed by atoms with Gasteiger partial charge in [-0.2, -0.15) is 0 Å². The molecule has 2 unspecified atom stereocenters. The number of halogens is 1. The minimum Gasteiger partial charge on any atom is -0.478 e. The van der Waals surface area contributed by atoms with Crippen LogP contribution in [0.25, 0.3) is 0 Å². The molecule has 1 fully saturated rings. The Morgan fingerprint density at radius 2 is 1.70 bits per heavy atom. The molecular weight excluding hydrogens is 443 g/mol. The average molecular weight is 470 g/mol. The molecule has 0 aliphatic carbocycles. The van der Waals surface area contributed by atoms with Crippen LogP contribution in [-0.4, -0.2) is 84.0 Å². The Labute approximate surface area is 189 Å². The van der Waals surface area contributed by atoms with Crippen LogP contribution in [0.1, 0.15) is 12.0 Å². The summed E-state index contributed by atoms with van der Waals surface area (Å²) in [5.74, 6) is -1.91. The molecule has 1 saturated heterocycles. The van der Waals surface area contributed by atoms with Gasteiger partial charge in [0.1, 0.15) is 18.2 Å². The summed E-state index contributed by atoms with van der Waals surface area (Å²) >= 11 is 0. The number of amides is 3. The quantitative estimate of drug-likeness (QED) is 0.237. The van der Waals surface area contributed by atoms with Crippen molar-refractivity contribution in [2.45, 2.75) is 18.1 Å². The number of urea groups is 1. The number of ether oxygens (including phenoxy) is 6. The lowest BCUT2D eigenvalue weighted by Crippen LogP contribution is -2.52. The highest BCUT2D eigenvalue weighted by Crippen LogP contribution is 2.41. The molecule has 1 spiro atoms. The van der Waals surface area contributed by atoms with Crippen molar-refractivity contribution in [1.29, 1.82) is 0 Å². The first-order valence-corrected chi connectivity index (χ1v) is 10.5. The summed E-state index contributed by atoms with van der Waals surface area (Å²) in [6.45, 7) is 2.68. The Morgan fingerprint density at radius 1 is 1.06 bits per heavy atom. The van der Waals surface area contributed by atoms with Gasteiger partial charge in [0.25, 0.3) is 5.91 Å². The highest BCUT2D eigenvalue weighted by Gasteiger charge is 2.55. The number of hydrogen-bond acceptors (Lipinski definition) is 9. The van der Waals surface area contributed by atoms with E-state index in [-0.39, 0.29) is 30.9 Å². The van der Waals surface area contributed by atoms with Crippen LogP contribution in [0.2, 0.25) is 0 Å². The molecule has 0 saturated carbocycles. The third kappa shape index (κ3) is 6.38. The van der Waals surface area contributed by atoms with Gasteiger partial charge in [-0.05, 0) is 18.2 Å². The average Bonchev–Trinajstić information content (AvgIpc) is 3.07. The van der Waals surface area contributed by atoms with Gasteiger partial charge in [-0.25, -0.2) is 14.0 Å². The number of carbonyl (C=O) groups excluding carboxylic acids is 3. The number of rotatable bonds is 13. The number of hydrogen-bond donors (Lipinski definition) is 2. The van der Waals surface area contributed by atoms with E-state index in [4.69, 9.17) is 28.4 Å². The van der Waals surface area contributed by atoms with E-state index in [0.717, 1.165) is 12.1 Å². The molecule has 3 amide bonds. The van der Waals surface area contributed by atoms with Crippen LogP contribution < -0.4 is 15.4 Å². The Hall–Kier alpha value is -2.80.